The molecular formula is C21H25FIN5OS. The number of ether oxygens (including phenoxy) is 1. The predicted octanol–water partition coefficient (Wildman–Crippen LogP) is 4.99. The minimum atomic E-state index is -0.433. The van der Waals surface area contributed by atoms with Crippen molar-refractivity contribution in [2.24, 2.45) is 4.99 Å². The van der Waals surface area contributed by atoms with Gasteiger partial charge in [-0.2, -0.15) is 0 Å². The molecule has 0 spiro atoms. The van der Waals surface area contributed by atoms with Crippen molar-refractivity contribution in [1.29, 1.82) is 0 Å². The number of aryl methyl sites for hydroxylation is 1. The number of hydrogen-bond donors (Lipinski definition) is 1. The van der Waals surface area contributed by atoms with Crippen LogP contribution in [0.2, 0.25) is 0 Å². The molecule has 160 valence electrons. The normalized spacial score (nSPS) is 11.0. The minimum absolute atomic E-state index is 0. The van der Waals surface area contributed by atoms with E-state index >= 15 is 0 Å². The van der Waals surface area contributed by atoms with Crippen LogP contribution in [-0.2, 0) is 13.1 Å². The number of nitrogens with zero attached hydrogens (tertiary/aromatic N) is 4. The Labute approximate surface area is 197 Å². The molecule has 2 heterocycles. The quantitative estimate of drug-likeness (QED) is 0.260. The van der Waals surface area contributed by atoms with E-state index < -0.39 is 5.82 Å². The van der Waals surface area contributed by atoms with Crippen molar-refractivity contribution < 1.29 is 9.13 Å². The topological polar surface area (TPSA) is 62.6 Å². The van der Waals surface area contributed by atoms with Gasteiger partial charge < -0.3 is 15.0 Å². The largest absolute Gasteiger partial charge is 0.453 e. The van der Waals surface area contributed by atoms with Gasteiger partial charge in [-0.1, -0.05) is 6.07 Å². The number of guanidine groups is 1. The van der Waals surface area contributed by atoms with Crippen molar-refractivity contribution in [2.45, 2.75) is 26.9 Å². The molecule has 0 amide bonds. The summed E-state index contributed by atoms with van der Waals surface area (Å²) >= 11 is 1.63. The lowest BCUT2D eigenvalue weighted by atomic mass is 10.2. The molecule has 1 aromatic carbocycles. The summed E-state index contributed by atoms with van der Waals surface area (Å²) in [7, 11) is 1.96. The Morgan fingerprint density at radius 1 is 1.33 bits per heavy atom. The minimum Gasteiger partial charge on any atom is -0.453 e. The highest BCUT2D eigenvalue weighted by Gasteiger charge is 2.10. The number of pyridine rings is 1. The molecule has 0 atom stereocenters. The zero-order chi connectivity index (χ0) is 20.6. The molecule has 0 radical (unpaired) electrons. The van der Waals surface area contributed by atoms with Crippen LogP contribution >= 0.6 is 35.3 Å². The number of thiazole rings is 1. The van der Waals surface area contributed by atoms with Gasteiger partial charge >= 0.3 is 0 Å². The van der Waals surface area contributed by atoms with Crippen LogP contribution < -0.4 is 10.1 Å². The summed E-state index contributed by atoms with van der Waals surface area (Å²) < 4.78 is 20.0. The van der Waals surface area contributed by atoms with Gasteiger partial charge in [0.1, 0.15) is 5.75 Å². The summed E-state index contributed by atoms with van der Waals surface area (Å²) in [6.45, 7) is 5.76. The summed E-state index contributed by atoms with van der Waals surface area (Å²) in [6.07, 6.45) is 3.18. The third kappa shape index (κ3) is 6.91. The number of aliphatic imine (C=N–C) groups is 1. The molecular weight excluding hydrogens is 516 g/mol. The van der Waals surface area contributed by atoms with E-state index in [1.54, 1.807) is 41.9 Å². The predicted molar refractivity (Wildman–Crippen MR) is 129 cm³/mol. The summed E-state index contributed by atoms with van der Waals surface area (Å²) in [5.41, 5.74) is 1.76. The summed E-state index contributed by atoms with van der Waals surface area (Å²) in [5, 5.41) is 6.35. The average Bonchev–Trinajstić information content (AvgIpc) is 3.12. The van der Waals surface area contributed by atoms with E-state index in [-0.39, 0.29) is 29.7 Å². The highest BCUT2D eigenvalue weighted by molar-refractivity contribution is 14.0. The van der Waals surface area contributed by atoms with E-state index in [9.17, 15) is 4.39 Å². The van der Waals surface area contributed by atoms with Crippen molar-refractivity contribution in [3.05, 3.63) is 70.2 Å². The molecule has 0 saturated carbocycles. The van der Waals surface area contributed by atoms with E-state index in [2.05, 4.69) is 20.3 Å². The van der Waals surface area contributed by atoms with Crippen LogP contribution in [0.1, 0.15) is 23.2 Å². The highest BCUT2D eigenvalue weighted by Crippen LogP contribution is 2.24. The van der Waals surface area contributed by atoms with Crippen LogP contribution in [0.15, 0.2) is 53.1 Å². The molecule has 3 rings (SSSR count). The van der Waals surface area contributed by atoms with Gasteiger partial charge in [-0.15, -0.1) is 35.3 Å². The number of hydrogen-bond acceptors (Lipinski definition) is 5. The molecule has 0 aliphatic rings. The zero-order valence-corrected chi connectivity index (χ0v) is 20.3. The Hall–Kier alpha value is -2.27. The Kier molecular flexibility index (Phi) is 9.44. The fourth-order valence-electron chi connectivity index (χ4n) is 2.69. The van der Waals surface area contributed by atoms with Gasteiger partial charge in [-0.25, -0.2) is 14.4 Å². The van der Waals surface area contributed by atoms with Gasteiger partial charge in [-0.05, 0) is 43.7 Å². The second kappa shape index (κ2) is 11.8. The summed E-state index contributed by atoms with van der Waals surface area (Å²) in [6, 6.07) is 8.34. The second-order valence-corrected chi connectivity index (χ2v) is 7.50. The van der Waals surface area contributed by atoms with Crippen molar-refractivity contribution in [2.75, 3.05) is 13.6 Å². The summed E-state index contributed by atoms with van der Waals surface area (Å²) in [4.78, 5) is 15.1. The first-order chi connectivity index (χ1) is 14.0. The van der Waals surface area contributed by atoms with Crippen LogP contribution in [0.4, 0.5) is 4.39 Å². The van der Waals surface area contributed by atoms with Gasteiger partial charge in [-0.3, -0.25) is 4.98 Å². The lowest BCUT2D eigenvalue weighted by molar-refractivity contribution is 0.440. The Morgan fingerprint density at radius 3 is 2.80 bits per heavy atom. The van der Waals surface area contributed by atoms with E-state index in [0.29, 0.717) is 18.8 Å². The zero-order valence-electron chi connectivity index (χ0n) is 17.1. The molecule has 0 aliphatic heterocycles. The van der Waals surface area contributed by atoms with E-state index in [0.717, 1.165) is 28.8 Å². The lowest BCUT2D eigenvalue weighted by Gasteiger charge is -2.21. The smallest absolute Gasteiger partial charge is 0.194 e. The second-order valence-electron chi connectivity index (χ2n) is 6.44. The Bertz CT molecular complexity index is 967. The van der Waals surface area contributed by atoms with E-state index in [1.807, 2.05) is 37.2 Å². The molecule has 1 N–H and O–H groups in total. The van der Waals surface area contributed by atoms with E-state index in [4.69, 9.17) is 4.74 Å². The standard InChI is InChI=1S/C21H24FN5OS.HI/c1-4-24-21(27(3)13-17-14-29-15(2)26-17)25-11-16-7-8-20(19(22)10-16)28-18-6-5-9-23-12-18;/h5-10,12,14H,4,11,13H2,1-3H3,(H,24,25);1H. The molecule has 0 bridgehead atoms. The van der Waals surface area contributed by atoms with Crippen molar-refractivity contribution in [1.82, 2.24) is 20.2 Å². The maximum atomic E-state index is 14.4. The molecule has 0 unspecified atom stereocenters. The number of benzene rings is 1. The van der Waals surface area contributed by atoms with Crippen LogP contribution in [0.3, 0.4) is 0 Å². The van der Waals surface area contributed by atoms with Crippen LogP contribution in [-0.4, -0.2) is 34.4 Å². The van der Waals surface area contributed by atoms with Gasteiger partial charge in [0.2, 0.25) is 0 Å². The number of aromatic nitrogens is 2. The fourth-order valence-corrected chi connectivity index (χ4v) is 3.30. The lowest BCUT2D eigenvalue weighted by Crippen LogP contribution is -2.38. The Balaban J connectivity index is 0.00000320. The first kappa shape index (κ1) is 24.0. The first-order valence-electron chi connectivity index (χ1n) is 9.32. The molecule has 3 aromatic rings. The summed E-state index contributed by atoms with van der Waals surface area (Å²) in [5.74, 6) is 0.964. The Morgan fingerprint density at radius 2 is 2.17 bits per heavy atom. The SMILES string of the molecule is CCNC(=NCc1ccc(Oc2cccnc2)c(F)c1)N(C)Cc1csc(C)n1.I. The average molecular weight is 541 g/mol. The van der Waals surface area contributed by atoms with Gasteiger partial charge in [0.05, 0.1) is 30.0 Å². The van der Waals surface area contributed by atoms with Crippen LogP contribution in [0.25, 0.3) is 0 Å². The van der Waals surface area contributed by atoms with Gasteiger partial charge in [0.15, 0.2) is 17.5 Å². The van der Waals surface area contributed by atoms with Gasteiger partial charge in [0, 0.05) is 25.2 Å². The third-order valence-corrected chi connectivity index (χ3v) is 4.85. The highest BCUT2D eigenvalue weighted by atomic mass is 127. The van der Waals surface area contributed by atoms with E-state index in [1.165, 1.54) is 6.07 Å². The molecule has 6 nitrogen and oxygen atoms in total. The third-order valence-electron chi connectivity index (χ3n) is 4.03. The molecule has 9 heteroatoms. The molecule has 0 fully saturated rings. The van der Waals surface area contributed by atoms with Crippen molar-refractivity contribution in [3.63, 3.8) is 0 Å². The maximum Gasteiger partial charge on any atom is 0.194 e. The maximum absolute atomic E-state index is 14.4. The number of rotatable bonds is 7. The van der Waals surface area contributed by atoms with Crippen molar-refractivity contribution >= 4 is 41.3 Å². The van der Waals surface area contributed by atoms with Crippen molar-refractivity contribution in [3.8, 4) is 11.5 Å². The number of nitrogens with one attached hydrogen (secondary N) is 1. The first-order valence-corrected chi connectivity index (χ1v) is 10.2. The molecule has 0 aliphatic carbocycles. The monoisotopic (exact) mass is 541 g/mol. The number of halogens is 2. The molecule has 30 heavy (non-hydrogen) atoms. The molecule has 2 aromatic heterocycles. The van der Waals surface area contributed by atoms with Crippen LogP contribution in [0.5, 0.6) is 11.5 Å². The van der Waals surface area contributed by atoms with Gasteiger partial charge in [0.25, 0.3) is 0 Å². The molecule has 0 saturated heterocycles. The van der Waals surface area contributed by atoms with Crippen LogP contribution in [0, 0.1) is 12.7 Å². The fraction of sp³-hybridized carbons (Fsp3) is 0.286.